The molecule has 2 amide bonds. The monoisotopic (exact) mass is 276 g/mol. The van der Waals surface area contributed by atoms with Gasteiger partial charge in [-0.2, -0.15) is 13.2 Å². The highest BCUT2D eigenvalue weighted by atomic mass is 19.4. The molecule has 0 aliphatic rings. The Morgan fingerprint density at radius 2 is 2.00 bits per heavy atom. The molecule has 0 aliphatic carbocycles. The number of hydrogen-bond acceptors (Lipinski definition) is 3. The van der Waals surface area contributed by atoms with E-state index in [9.17, 15) is 22.8 Å². The lowest BCUT2D eigenvalue weighted by molar-refractivity contribution is -0.173. The second-order valence-electron chi connectivity index (χ2n) is 3.46. The van der Waals surface area contributed by atoms with E-state index in [-0.39, 0.29) is 0 Å². The predicted octanol–water partition coefficient (Wildman–Crippen LogP) is 1.31. The molecule has 104 valence electrons. The van der Waals surface area contributed by atoms with Crippen LogP contribution in [0.15, 0.2) is 24.3 Å². The predicted molar refractivity (Wildman–Crippen MR) is 60.7 cm³/mol. The number of hydrogen-bond donors (Lipinski definition) is 2. The van der Waals surface area contributed by atoms with Gasteiger partial charge in [0.2, 0.25) is 5.91 Å². The van der Waals surface area contributed by atoms with Crippen LogP contribution in [0.2, 0.25) is 0 Å². The summed E-state index contributed by atoms with van der Waals surface area (Å²) in [6.45, 7) is -0.768. The summed E-state index contributed by atoms with van der Waals surface area (Å²) in [5.41, 5.74) is 0.352. The Balaban J connectivity index is 2.49. The quantitative estimate of drug-likeness (QED) is 0.871. The normalized spacial score (nSPS) is 10.7. The lowest BCUT2D eigenvalue weighted by atomic mass is 10.3. The topological polar surface area (TPSA) is 67.4 Å². The highest BCUT2D eigenvalue weighted by molar-refractivity contribution is 5.95. The summed E-state index contributed by atoms with van der Waals surface area (Å²) in [7, 11) is 1.44. The molecule has 0 radical (unpaired) electrons. The van der Waals surface area contributed by atoms with E-state index in [2.05, 4.69) is 5.32 Å². The van der Waals surface area contributed by atoms with Crippen LogP contribution in [-0.2, 0) is 9.59 Å². The van der Waals surface area contributed by atoms with Gasteiger partial charge in [0.15, 0.2) is 0 Å². The van der Waals surface area contributed by atoms with Crippen LogP contribution in [0.3, 0.4) is 0 Å². The molecule has 19 heavy (non-hydrogen) atoms. The summed E-state index contributed by atoms with van der Waals surface area (Å²) in [6.07, 6.45) is -5.00. The second-order valence-corrected chi connectivity index (χ2v) is 3.46. The summed E-state index contributed by atoms with van der Waals surface area (Å²) < 4.78 is 40.5. The minimum absolute atomic E-state index is 0.352. The van der Waals surface area contributed by atoms with Crippen LogP contribution in [-0.4, -0.2) is 31.6 Å². The van der Waals surface area contributed by atoms with E-state index in [1.165, 1.54) is 24.6 Å². The molecule has 0 saturated heterocycles. The van der Waals surface area contributed by atoms with Gasteiger partial charge in [0, 0.05) is 11.8 Å². The molecule has 8 heteroatoms. The number of benzene rings is 1. The Bertz CT molecular complexity index is 474. The minimum Gasteiger partial charge on any atom is -0.497 e. The van der Waals surface area contributed by atoms with Crippen LogP contribution >= 0.6 is 0 Å². The Morgan fingerprint density at radius 1 is 1.32 bits per heavy atom. The smallest absolute Gasteiger partial charge is 0.471 e. The van der Waals surface area contributed by atoms with Gasteiger partial charge < -0.3 is 15.4 Å². The zero-order chi connectivity index (χ0) is 14.5. The molecule has 5 nitrogen and oxygen atoms in total. The summed E-state index contributed by atoms with van der Waals surface area (Å²) in [5, 5.41) is 3.79. The van der Waals surface area contributed by atoms with Gasteiger partial charge >= 0.3 is 12.1 Å². The van der Waals surface area contributed by atoms with Crippen molar-refractivity contribution in [1.29, 1.82) is 0 Å². The number of carbonyl (C=O) groups excluding carboxylic acids is 2. The molecule has 1 aromatic carbocycles. The Morgan fingerprint density at radius 3 is 2.58 bits per heavy atom. The summed E-state index contributed by atoms with van der Waals surface area (Å²) >= 11 is 0. The van der Waals surface area contributed by atoms with E-state index in [4.69, 9.17) is 4.74 Å². The lowest BCUT2D eigenvalue weighted by Gasteiger charge is -2.09. The third-order valence-electron chi connectivity index (χ3n) is 2.02. The van der Waals surface area contributed by atoms with E-state index >= 15 is 0 Å². The zero-order valence-corrected chi connectivity index (χ0v) is 9.88. The minimum atomic E-state index is -5.00. The van der Waals surface area contributed by atoms with Gasteiger partial charge in [0.25, 0.3) is 0 Å². The highest BCUT2D eigenvalue weighted by Crippen LogP contribution is 2.16. The standard InChI is InChI=1S/C11H11F3N2O3/c1-19-8-4-2-3-7(5-8)16-9(17)6-15-10(18)11(12,13)14/h2-5H,6H2,1H3,(H,15,18)(H,16,17). The third kappa shape index (κ3) is 4.86. The number of alkyl halides is 3. The molecular weight excluding hydrogens is 265 g/mol. The number of carbonyl (C=O) groups is 2. The third-order valence-corrected chi connectivity index (χ3v) is 2.02. The van der Waals surface area contributed by atoms with Crippen molar-refractivity contribution in [2.75, 3.05) is 19.0 Å². The Labute approximate surface area is 106 Å². The maximum Gasteiger partial charge on any atom is 0.471 e. The maximum absolute atomic E-state index is 11.9. The van der Waals surface area contributed by atoms with E-state index in [1.54, 1.807) is 12.1 Å². The molecule has 0 heterocycles. The van der Waals surface area contributed by atoms with Crippen LogP contribution < -0.4 is 15.4 Å². The van der Waals surface area contributed by atoms with Crippen molar-refractivity contribution >= 4 is 17.5 Å². The average molecular weight is 276 g/mol. The molecule has 0 spiro atoms. The van der Waals surface area contributed by atoms with Crippen molar-refractivity contribution in [1.82, 2.24) is 5.32 Å². The first-order chi connectivity index (χ1) is 8.82. The molecule has 0 atom stereocenters. The number of rotatable bonds is 4. The van der Waals surface area contributed by atoms with Crippen LogP contribution in [0, 0.1) is 0 Å². The van der Waals surface area contributed by atoms with Gasteiger partial charge in [0.05, 0.1) is 13.7 Å². The van der Waals surface area contributed by atoms with E-state index in [0.717, 1.165) is 0 Å². The van der Waals surface area contributed by atoms with Crippen LogP contribution in [0.4, 0.5) is 18.9 Å². The fraction of sp³-hybridized carbons (Fsp3) is 0.273. The number of ether oxygens (including phenoxy) is 1. The molecule has 0 saturated carbocycles. The first-order valence-electron chi connectivity index (χ1n) is 5.12. The molecular formula is C11H11F3N2O3. The molecule has 1 aromatic rings. The van der Waals surface area contributed by atoms with Crippen LogP contribution in [0.1, 0.15) is 0 Å². The van der Waals surface area contributed by atoms with Crippen molar-refractivity contribution in [3.05, 3.63) is 24.3 Å². The van der Waals surface area contributed by atoms with E-state index in [0.29, 0.717) is 11.4 Å². The van der Waals surface area contributed by atoms with Gasteiger partial charge in [-0.05, 0) is 12.1 Å². The summed E-state index contributed by atoms with van der Waals surface area (Å²) in [5.74, 6) is -2.45. The number of halogens is 3. The van der Waals surface area contributed by atoms with Gasteiger partial charge in [-0.3, -0.25) is 9.59 Å². The molecule has 0 fully saturated rings. The first-order valence-corrected chi connectivity index (χ1v) is 5.12. The molecule has 0 aliphatic heterocycles. The van der Waals surface area contributed by atoms with E-state index < -0.39 is 24.5 Å². The molecule has 0 bridgehead atoms. The number of amides is 2. The van der Waals surface area contributed by atoms with Crippen molar-refractivity contribution in [2.24, 2.45) is 0 Å². The fourth-order valence-electron chi connectivity index (χ4n) is 1.17. The van der Waals surface area contributed by atoms with Crippen molar-refractivity contribution in [3.63, 3.8) is 0 Å². The van der Waals surface area contributed by atoms with Gasteiger partial charge in [-0.25, -0.2) is 0 Å². The maximum atomic E-state index is 11.9. The van der Waals surface area contributed by atoms with Gasteiger partial charge in [-0.1, -0.05) is 6.07 Å². The Hall–Kier alpha value is -2.25. The van der Waals surface area contributed by atoms with Crippen LogP contribution in [0.5, 0.6) is 5.75 Å². The highest BCUT2D eigenvalue weighted by Gasteiger charge is 2.38. The Kier molecular flexibility index (Phi) is 4.74. The lowest BCUT2D eigenvalue weighted by Crippen LogP contribution is -2.41. The second kappa shape index (κ2) is 6.07. The first kappa shape index (κ1) is 14.8. The van der Waals surface area contributed by atoms with Crippen molar-refractivity contribution in [2.45, 2.75) is 6.18 Å². The van der Waals surface area contributed by atoms with Gasteiger partial charge in [0.1, 0.15) is 5.75 Å². The summed E-state index contributed by atoms with van der Waals surface area (Å²) in [4.78, 5) is 21.8. The number of anilines is 1. The molecule has 2 N–H and O–H groups in total. The van der Waals surface area contributed by atoms with Crippen molar-refractivity contribution in [3.8, 4) is 5.75 Å². The molecule has 0 unspecified atom stereocenters. The van der Waals surface area contributed by atoms with E-state index in [1.807, 2.05) is 0 Å². The van der Waals surface area contributed by atoms with Gasteiger partial charge in [-0.15, -0.1) is 0 Å². The van der Waals surface area contributed by atoms with Crippen molar-refractivity contribution < 1.29 is 27.5 Å². The number of methoxy groups -OCH3 is 1. The zero-order valence-electron chi connectivity index (χ0n) is 9.88. The SMILES string of the molecule is COc1cccc(NC(=O)CNC(=O)C(F)(F)F)c1. The van der Waals surface area contributed by atoms with Crippen LogP contribution in [0.25, 0.3) is 0 Å². The average Bonchev–Trinajstić information content (AvgIpc) is 2.35. The summed E-state index contributed by atoms with van der Waals surface area (Å²) in [6, 6.07) is 6.26. The largest absolute Gasteiger partial charge is 0.497 e. The number of nitrogens with one attached hydrogen (secondary N) is 2. The fourth-order valence-corrected chi connectivity index (χ4v) is 1.17. The molecule has 0 aromatic heterocycles. The molecule has 1 rings (SSSR count).